The summed E-state index contributed by atoms with van der Waals surface area (Å²) in [4.78, 5) is 14.2. The largest absolute Gasteiger partial charge is 0.339 e. The van der Waals surface area contributed by atoms with Crippen molar-refractivity contribution in [1.29, 1.82) is 10.5 Å². The Labute approximate surface area is 124 Å². The van der Waals surface area contributed by atoms with Crippen molar-refractivity contribution in [2.75, 3.05) is 13.1 Å². The van der Waals surface area contributed by atoms with Crippen LogP contribution in [-0.2, 0) is 17.8 Å². The summed E-state index contributed by atoms with van der Waals surface area (Å²) in [6.07, 6.45) is 1.24. The Kier molecular flexibility index (Phi) is 5.31. The zero-order valence-electron chi connectivity index (χ0n) is 11.9. The van der Waals surface area contributed by atoms with E-state index in [1.54, 1.807) is 4.90 Å². The monoisotopic (exact) mass is 282 g/mol. The molecule has 5 nitrogen and oxygen atoms in total. The van der Waals surface area contributed by atoms with Crippen LogP contribution >= 0.6 is 0 Å². The first-order valence-electron chi connectivity index (χ1n) is 7.09. The number of benzene rings is 1. The van der Waals surface area contributed by atoms with E-state index in [-0.39, 0.29) is 11.9 Å². The smallest absolute Gasteiger partial charge is 0.240 e. The van der Waals surface area contributed by atoms with Crippen LogP contribution in [0.4, 0.5) is 0 Å². The average molecular weight is 282 g/mol. The second kappa shape index (κ2) is 7.42. The Bertz CT molecular complexity index is 567. The van der Waals surface area contributed by atoms with Crippen LogP contribution in [0.1, 0.15) is 24.0 Å². The number of nitrogens with one attached hydrogen (secondary N) is 1. The van der Waals surface area contributed by atoms with Crippen molar-refractivity contribution in [3.8, 4) is 12.1 Å². The number of rotatable bonds is 5. The molecule has 1 amide bonds. The topological polar surface area (TPSA) is 79.9 Å². The molecule has 1 aromatic rings. The minimum Gasteiger partial charge on any atom is -0.339 e. The van der Waals surface area contributed by atoms with E-state index in [1.165, 1.54) is 11.1 Å². The molecule has 1 unspecified atom stereocenters. The highest BCUT2D eigenvalue weighted by molar-refractivity contribution is 5.82. The Morgan fingerprint density at radius 1 is 1.19 bits per heavy atom. The number of carbonyl (C=O) groups is 1. The lowest BCUT2D eigenvalue weighted by molar-refractivity contribution is -0.133. The van der Waals surface area contributed by atoms with E-state index >= 15 is 0 Å². The molecule has 1 aliphatic heterocycles. The van der Waals surface area contributed by atoms with Gasteiger partial charge in [-0.05, 0) is 17.5 Å². The summed E-state index contributed by atoms with van der Waals surface area (Å²) in [5.74, 6) is -0.0185. The van der Waals surface area contributed by atoms with Gasteiger partial charge < -0.3 is 10.2 Å². The lowest BCUT2D eigenvalue weighted by Gasteiger charge is -2.30. The summed E-state index contributed by atoms with van der Waals surface area (Å²) < 4.78 is 0. The van der Waals surface area contributed by atoms with Crippen molar-refractivity contribution in [3.63, 3.8) is 0 Å². The summed E-state index contributed by atoms with van der Waals surface area (Å²) in [6.45, 7) is 1.45. The van der Waals surface area contributed by atoms with Gasteiger partial charge in [0.15, 0.2) is 0 Å². The van der Waals surface area contributed by atoms with Gasteiger partial charge in [0, 0.05) is 19.6 Å². The molecule has 0 saturated heterocycles. The fourth-order valence-corrected chi connectivity index (χ4v) is 2.55. The van der Waals surface area contributed by atoms with Crippen molar-refractivity contribution < 1.29 is 4.79 Å². The van der Waals surface area contributed by atoms with Crippen LogP contribution in [0.2, 0.25) is 0 Å². The van der Waals surface area contributed by atoms with Gasteiger partial charge in [0.2, 0.25) is 5.91 Å². The number of fused-ring (bicyclic) bond motifs is 1. The molecule has 0 aromatic heterocycles. The fourth-order valence-electron chi connectivity index (χ4n) is 2.55. The van der Waals surface area contributed by atoms with Gasteiger partial charge in [0.05, 0.1) is 31.0 Å². The molecule has 1 aliphatic rings. The first-order valence-corrected chi connectivity index (χ1v) is 7.09. The van der Waals surface area contributed by atoms with E-state index in [4.69, 9.17) is 10.5 Å². The number of nitrogens with zero attached hydrogens (tertiary/aromatic N) is 3. The minimum atomic E-state index is -0.266. The summed E-state index contributed by atoms with van der Waals surface area (Å²) in [6, 6.07) is 11.9. The summed E-state index contributed by atoms with van der Waals surface area (Å²) >= 11 is 0. The van der Waals surface area contributed by atoms with E-state index in [2.05, 4.69) is 23.5 Å². The number of carbonyl (C=O) groups excluding carboxylic acids is 1. The Morgan fingerprint density at radius 3 is 2.43 bits per heavy atom. The third-order valence-corrected chi connectivity index (χ3v) is 3.68. The quantitative estimate of drug-likeness (QED) is 0.884. The Hall–Kier alpha value is -2.37. The number of hydrogen-bond donors (Lipinski definition) is 1. The predicted molar refractivity (Wildman–Crippen MR) is 77.8 cm³/mol. The van der Waals surface area contributed by atoms with Gasteiger partial charge in [-0.1, -0.05) is 24.3 Å². The molecule has 108 valence electrons. The molecular formula is C16H18N4O. The third kappa shape index (κ3) is 3.81. The fraction of sp³-hybridized carbons (Fsp3) is 0.438. The van der Waals surface area contributed by atoms with Crippen LogP contribution in [0, 0.1) is 22.7 Å². The zero-order chi connectivity index (χ0) is 15.1. The van der Waals surface area contributed by atoms with E-state index in [0.29, 0.717) is 38.9 Å². The van der Waals surface area contributed by atoms with Crippen molar-refractivity contribution in [3.05, 3.63) is 35.4 Å². The van der Waals surface area contributed by atoms with Crippen LogP contribution < -0.4 is 5.32 Å². The van der Waals surface area contributed by atoms with E-state index < -0.39 is 0 Å². The molecule has 0 saturated carbocycles. The highest BCUT2D eigenvalue weighted by Crippen LogP contribution is 2.17. The number of amides is 1. The van der Waals surface area contributed by atoms with Crippen LogP contribution in [0.5, 0.6) is 0 Å². The number of hydrogen-bond acceptors (Lipinski definition) is 4. The molecule has 1 atom stereocenters. The lowest BCUT2D eigenvalue weighted by Crippen LogP contribution is -2.49. The molecule has 1 aromatic carbocycles. The van der Waals surface area contributed by atoms with Gasteiger partial charge in [-0.25, -0.2) is 0 Å². The molecule has 1 heterocycles. The van der Waals surface area contributed by atoms with Crippen molar-refractivity contribution in [1.82, 2.24) is 10.2 Å². The summed E-state index contributed by atoms with van der Waals surface area (Å²) in [7, 11) is 0. The second-order valence-corrected chi connectivity index (χ2v) is 5.05. The van der Waals surface area contributed by atoms with Crippen molar-refractivity contribution in [2.24, 2.45) is 0 Å². The van der Waals surface area contributed by atoms with Crippen LogP contribution in [0.3, 0.4) is 0 Å². The van der Waals surface area contributed by atoms with E-state index in [9.17, 15) is 4.79 Å². The van der Waals surface area contributed by atoms with E-state index in [0.717, 1.165) is 0 Å². The van der Waals surface area contributed by atoms with Gasteiger partial charge in [-0.15, -0.1) is 0 Å². The SMILES string of the molecule is N#CCCN(CCC#N)C(=O)C1Cc2ccccc2CN1. The minimum absolute atomic E-state index is 0.0185. The van der Waals surface area contributed by atoms with Gasteiger partial charge in [-0.3, -0.25) is 4.79 Å². The van der Waals surface area contributed by atoms with Crippen LogP contribution in [-0.4, -0.2) is 29.9 Å². The molecule has 1 N–H and O–H groups in total. The zero-order valence-corrected chi connectivity index (χ0v) is 11.9. The second-order valence-electron chi connectivity index (χ2n) is 5.05. The van der Waals surface area contributed by atoms with Gasteiger partial charge in [0.25, 0.3) is 0 Å². The van der Waals surface area contributed by atoms with Crippen molar-refractivity contribution in [2.45, 2.75) is 31.8 Å². The Balaban J connectivity index is 2.04. The predicted octanol–water partition coefficient (Wildman–Crippen LogP) is 1.36. The third-order valence-electron chi connectivity index (χ3n) is 3.68. The van der Waals surface area contributed by atoms with Gasteiger partial charge in [-0.2, -0.15) is 10.5 Å². The molecule has 0 radical (unpaired) electrons. The molecule has 5 heteroatoms. The normalized spacial score (nSPS) is 16.4. The summed E-state index contributed by atoms with van der Waals surface area (Å²) in [5, 5.41) is 20.6. The molecule has 21 heavy (non-hydrogen) atoms. The summed E-state index contributed by atoms with van der Waals surface area (Å²) in [5.41, 5.74) is 2.41. The maximum atomic E-state index is 12.6. The molecule has 0 fully saturated rings. The molecule has 0 spiro atoms. The highest BCUT2D eigenvalue weighted by Gasteiger charge is 2.27. The van der Waals surface area contributed by atoms with Crippen LogP contribution in [0.15, 0.2) is 24.3 Å². The number of nitriles is 2. The maximum Gasteiger partial charge on any atom is 0.240 e. The maximum absolute atomic E-state index is 12.6. The standard InChI is InChI=1S/C16H18N4O/c17-7-3-9-20(10-4-8-18)16(21)15-11-13-5-1-2-6-14(13)12-19-15/h1-2,5-6,15,19H,3-4,9-12H2. The Morgan fingerprint density at radius 2 is 1.81 bits per heavy atom. The molecule has 0 bridgehead atoms. The first-order chi connectivity index (χ1) is 10.3. The van der Waals surface area contributed by atoms with Crippen molar-refractivity contribution >= 4 is 5.91 Å². The van der Waals surface area contributed by atoms with E-state index in [1.807, 2.05) is 18.2 Å². The average Bonchev–Trinajstić information content (AvgIpc) is 2.54. The highest BCUT2D eigenvalue weighted by atomic mass is 16.2. The molecule has 2 rings (SSSR count). The van der Waals surface area contributed by atoms with Crippen LogP contribution in [0.25, 0.3) is 0 Å². The first kappa shape index (κ1) is 15.0. The lowest BCUT2D eigenvalue weighted by atomic mass is 9.95. The van der Waals surface area contributed by atoms with Gasteiger partial charge >= 0.3 is 0 Å². The van der Waals surface area contributed by atoms with Gasteiger partial charge in [0.1, 0.15) is 0 Å². The molecule has 0 aliphatic carbocycles. The molecular weight excluding hydrogens is 264 g/mol.